The van der Waals surface area contributed by atoms with Gasteiger partial charge in [-0.15, -0.1) is 0 Å². The molecule has 1 aromatic carbocycles. The van der Waals surface area contributed by atoms with Gasteiger partial charge in [-0.25, -0.2) is 0 Å². The fourth-order valence-corrected chi connectivity index (χ4v) is 3.02. The number of nitrogens with one attached hydrogen (secondary N) is 2. The van der Waals surface area contributed by atoms with Crippen LogP contribution in [0.25, 0.3) is 0 Å². The lowest BCUT2D eigenvalue weighted by Gasteiger charge is -2.44. The van der Waals surface area contributed by atoms with Crippen LogP contribution in [0, 0.1) is 11.3 Å². The molecular weight excluding hydrogens is 286 g/mol. The van der Waals surface area contributed by atoms with Gasteiger partial charge in [0.15, 0.2) is 0 Å². The predicted molar refractivity (Wildman–Crippen MR) is 87.0 cm³/mol. The molecular formula is C15H19N3O2S. The average Bonchev–Trinajstić information content (AvgIpc) is 2.33. The maximum atomic E-state index is 12.5. The number of nitrogens with two attached hydrogens (primary N) is 1. The summed E-state index contributed by atoms with van der Waals surface area (Å²) in [4.78, 5) is 23.8. The van der Waals surface area contributed by atoms with E-state index in [-0.39, 0.29) is 16.8 Å². The Labute approximate surface area is 129 Å². The van der Waals surface area contributed by atoms with Gasteiger partial charge in [0.25, 0.3) is 0 Å². The molecule has 0 spiro atoms. The second kappa shape index (κ2) is 5.81. The van der Waals surface area contributed by atoms with Crippen molar-refractivity contribution in [2.75, 3.05) is 10.6 Å². The van der Waals surface area contributed by atoms with Gasteiger partial charge in [0.2, 0.25) is 11.8 Å². The summed E-state index contributed by atoms with van der Waals surface area (Å²) in [5, 5.41) is 5.52. The Kier molecular flexibility index (Phi) is 4.27. The molecule has 0 radical (unpaired) electrons. The van der Waals surface area contributed by atoms with Crippen molar-refractivity contribution in [1.29, 1.82) is 0 Å². The van der Waals surface area contributed by atoms with E-state index in [1.807, 2.05) is 0 Å². The van der Waals surface area contributed by atoms with Crippen molar-refractivity contribution >= 4 is 40.4 Å². The van der Waals surface area contributed by atoms with Crippen molar-refractivity contribution in [3.8, 4) is 0 Å². The molecule has 5 nitrogen and oxygen atoms in total. The molecule has 2 amide bonds. The summed E-state index contributed by atoms with van der Waals surface area (Å²) in [6.45, 7) is 3.50. The molecule has 1 saturated carbocycles. The maximum Gasteiger partial charge on any atom is 0.237 e. The molecule has 0 bridgehead atoms. The van der Waals surface area contributed by atoms with Gasteiger partial charge in [0, 0.05) is 18.3 Å². The fourth-order valence-electron chi connectivity index (χ4n) is 2.76. The number of carbonyl (C=O) groups is 2. The Morgan fingerprint density at radius 1 is 1.29 bits per heavy atom. The maximum absolute atomic E-state index is 12.5. The molecule has 1 aliphatic carbocycles. The van der Waals surface area contributed by atoms with Crippen LogP contribution in [-0.4, -0.2) is 16.8 Å². The van der Waals surface area contributed by atoms with E-state index in [0.29, 0.717) is 30.1 Å². The largest absolute Gasteiger partial charge is 0.392 e. The minimum absolute atomic E-state index is 0.161. The Hall–Kier alpha value is -1.95. The zero-order valence-electron chi connectivity index (χ0n) is 12.1. The molecule has 1 fully saturated rings. The summed E-state index contributed by atoms with van der Waals surface area (Å²) in [6.07, 6.45) is 1.36. The van der Waals surface area contributed by atoms with E-state index in [2.05, 4.69) is 17.6 Å². The van der Waals surface area contributed by atoms with Crippen LogP contribution in [0.2, 0.25) is 0 Å². The lowest BCUT2D eigenvalue weighted by atomic mass is 9.62. The van der Waals surface area contributed by atoms with E-state index >= 15 is 0 Å². The predicted octanol–water partition coefficient (Wildman–Crippen LogP) is 2.29. The molecule has 0 aromatic heterocycles. The van der Waals surface area contributed by atoms with Crippen LogP contribution in [0.15, 0.2) is 24.3 Å². The highest BCUT2D eigenvalue weighted by Crippen LogP contribution is 2.46. The van der Waals surface area contributed by atoms with Gasteiger partial charge < -0.3 is 16.4 Å². The Morgan fingerprint density at radius 3 is 2.33 bits per heavy atom. The summed E-state index contributed by atoms with van der Waals surface area (Å²) in [7, 11) is 0. The molecule has 21 heavy (non-hydrogen) atoms. The van der Waals surface area contributed by atoms with Crippen molar-refractivity contribution in [1.82, 2.24) is 0 Å². The third kappa shape index (κ3) is 3.21. The first-order valence-corrected chi connectivity index (χ1v) is 7.23. The molecule has 4 N–H and O–H groups in total. The Balaban J connectivity index is 2.12. The number of rotatable bonds is 4. The van der Waals surface area contributed by atoms with Crippen molar-refractivity contribution in [3.05, 3.63) is 24.3 Å². The standard InChI is InChI=1S/C15H19N3O2S/c1-9-7-15(8-9,13(16)21)14(20)18-12-5-3-4-11(6-12)17-10(2)19/h3-6,9H,7-8H2,1-2H3,(H2,16,21)(H,17,19)(H,18,20). The van der Waals surface area contributed by atoms with Crippen molar-refractivity contribution in [3.63, 3.8) is 0 Å². The smallest absolute Gasteiger partial charge is 0.237 e. The van der Waals surface area contributed by atoms with Crippen LogP contribution in [0.1, 0.15) is 26.7 Å². The van der Waals surface area contributed by atoms with Crippen LogP contribution in [0.4, 0.5) is 11.4 Å². The molecule has 0 heterocycles. The van der Waals surface area contributed by atoms with Gasteiger partial charge in [-0.2, -0.15) is 0 Å². The van der Waals surface area contributed by atoms with Crippen LogP contribution >= 0.6 is 12.2 Å². The number of anilines is 2. The lowest BCUT2D eigenvalue weighted by molar-refractivity contribution is -0.127. The Morgan fingerprint density at radius 2 is 1.86 bits per heavy atom. The highest BCUT2D eigenvalue weighted by atomic mass is 32.1. The van der Waals surface area contributed by atoms with E-state index in [1.165, 1.54) is 6.92 Å². The zero-order valence-corrected chi connectivity index (χ0v) is 12.9. The van der Waals surface area contributed by atoms with E-state index in [1.54, 1.807) is 24.3 Å². The molecule has 0 unspecified atom stereocenters. The van der Waals surface area contributed by atoms with Crippen LogP contribution in [0.5, 0.6) is 0 Å². The summed E-state index contributed by atoms with van der Waals surface area (Å²) >= 11 is 5.07. The SMILES string of the molecule is CC(=O)Nc1cccc(NC(=O)C2(C(N)=S)CC(C)C2)c1. The van der Waals surface area contributed by atoms with Gasteiger partial charge in [-0.05, 0) is 37.0 Å². The summed E-state index contributed by atoms with van der Waals surface area (Å²) in [6, 6.07) is 6.98. The number of hydrogen-bond donors (Lipinski definition) is 3. The van der Waals surface area contributed by atoms with Gasteiger partial charge in [-0.1, -0.05) is 25.2 Å². The monoisotopic (exact) mass is 305 g/mol. The number of thiocarbonyl (C=S) groups is 1. The summed E-state index contributed by atoms with van der Waals surface area (Å²) in [5.74, 6) is 0.113. The van der Waals surface area contributed by atoms with E-state index in [4.69, 9.17) is 18.0 Å². The molecule has 0 aliphatic heterocycles. The minimum atomic E-state index is -0.737. The molecule has 6 heteroatoms. The number of amides is 2. The summed E-state index contributed by atoms with van der Waals surface area (Å²) < 4.78 is 0. The van der Waals surface area contributed by atoms with Crippen molar-refractivity contribution in [2.24, 2.45) is 17.1 Å². The quantitative estimate of drug-likeness (QED) is 0.745. The first-order valence-electron chi connectivity index (χ1n) is 6.82. The number of benzene rings is 1. The van der Waals surface area contributed by atoms with Crippen LogP contribution in [0.3, 0.4) is 0 Å². The molecule has 1 aliphatic rings. The second-order valence-corrected chi connectivity index (χ2v) is 6.12. The molecule has 0 atom stereocenters. The van der Waals surface area contributed by atoms with Crippen LogP contribution in [-0.2, 0) is 9.59 Å². The first kappa shape index (κ1) is 15.4. The van der Waals surface area contributed by atoms with Gasteiger partial charge >= 0.3 is 0 Å². The normalized spacial score (nSPS) is 23.8. The van der Waals surface area contributed by atoms with Crippen molar-refractivity contribution < 1.29 is 9.59 Å². The number of carbonyl (C=O) groups excluding carboxylic acids is 2. The zero-order chi connectivity index (χ0) is 15.6. The molecule has 2 rings (SSSR count). The highest BCUT2D eigenvalue weighted by molar-refractivity contribution is 7.80. The summed E-state index contributed by atoms with van der Waals surface area (Å²) in [5.41, 5.74) is 6.27. The topological polar surface area (TPSA) is 84.2 Å². The minimum Gasteiger partial charge on any atom is -0.392 e. The van der Waals surface area contributed by atoms with Gasteiger partial charge in [0.05, 0.1) is 10.4 Å². The Bertz CT molecular complexity index is 594. The molecule has 112 valence electrons. The fraction of sp³-hybridized carbons (Fsp3) is 0.400. The lowest BCUT2D eigenvalue weighted by Crippen LogP contribution is -2.53. The van der Waals surface area contributed by atoms with Crippen molar-refractivity contribution in [2.45, 2.75) is 26.7 Å². The third-order valence-electron chi connectivity index (χ3n) is 3.74. The molecule has 1 aromatic rings. The molecule has 0 saturated heterocycles. The highest BCUT2D eigenvalue weighted by Gasteiger charge is 2.50. The third-order valence-corrected chi connectivity index (χ3v) is 4.13. The first-order chi connectivity index (χ1) is 9.83. The van der Waals surface area contributed by atoms with Gasteiger partial charge in [-0.3, -0.25) is 9.59 Å². The van der Waals surface area contributed by atoms with Gasteiger partial charge in [0.1, 0.15) is 0 Å². The average molecular weight is 305 g/mol. The van der Waals surface area contributed by atoms with Crippen LogP contribution < -0.4 is 16.4 Å². The second-order valence-electron chi connectivity index (χ2n) is 5.68. The van der Waals surface area contributed by atoms with E-state index in [9.17, 15) is 9.59 Å². The number of hydrogen-bond acceptors (Lipinski definition) is 3. The van der Waals surface area contributed by atoms with E-state index in [0.717, 1.165) is 0 Å². The van der Waals surface area contributed by atoms with E-state index < -0.39 is 5.41 Å².